The number of hydrogen-bond donors (Lipinski definition) is 5. The number of Topliss-reactive ketones (excluding diaryl/α,β-unsaturated/α-hetero) is 1. The molecule has 11 nitrogen and oxygen atoms in total. The summed E-state index contributed by atoms with van der Waals surface area (Å²) in [4.78, 5) is 11.5. The lowest BCUT2D eigenvalue weighted by Gasteiger charge is -2.39. The van der Waals surface area contributed by atoms with E-state index in [0.29, 0.717) is 25.7 Å². The minimum atomic E-state index is -4.85. The summed E-state index contributed by atoms with van der Waals surface area (Å²) >= 11 is 0.719. The van der Waals surface area contributed by atoms with E-state index in [1.165, 1.54) is 0 Å². The number of oxime groups is 1. The quantitative estimate of drug-likeness (QED) is 0.0915. The molecule has 0 saturated carbocycles. The zero-order valence-corrected chi connectivity index (χ0v) is 17.0. The number of ketones is 1. The van der Waals surface area contributed by atoms with Crippen molar-refractivity contribution >= 4 is 33.0 Å². The van der Waals surface area contributed by atoms with Crippen molar-refractivity contribution in [3.63, 3.8) is 0 Å². The molecule has 0 aromatic rings. The van der Waals surface area contributed by atoms with Gasteiger partial charge >= 0.3 is 10.4 Å². The minimum absolute atomic E-state index is 0.0184. The molecule has 164 valence electrons. The van der Waals surface area contributed by atoms with Crippen LogP contribution in [-0.4, -0.2) is 80.7 Å². The van der Waals surface area contributed by atoms with E-state index in [1.807, 2.05) is 6.92 Å². The number of carbonyl (C=O) groups excluding carboxylic acids is 1. The van der Waals surface area contributed by atoms with E-state index in [9.17, 15) is 33.6 Å². The Labute approximate surface area is 167 Å². The summed E-state index contributed by atoms with van der Waals surface area (Å²) in [6, 6.07) is 0. The Bertz CT molecular complexity index is 624. The first kappa shape index (κ1) is 25.2. The van der Waals surface area contributed by atoms with Gasteiger partial charge in [0.15, 0.2) is 0 Å². The fourth-order valence-corrected chi connectivity index (χ4v) is 3.86. The van der Waals surface area contributed by atoms with E-state index < -0.39 is 46.9 Å². The van der Waals surface area contributed by atoms with Crippen LogP contribution in [0, 0.1) is 0 Å². The van der Waals surface area contributed by atoms with Crippen LogP contribution in [0.1, 0.15) is 45.4 Å². The van der Waals surface area contributed by atoms with E-state index >= 15 is 0 Å². The maximum Gasteiger partial charge on any atom is 0.466 e. The number of ether oxygens (including phenoxy) is 1. The van der Waals surface area contributed by atoms with Gasteiger partial charge in [-0.15, -0.1) is 0 Å². The third-order valence-electron chi connectivity index (χ3n) is 3.96. The first-order valence-corrected chi connectivity index (χ1v) is 11.0. The molecule has 1 aliphatic rings. The van der Waals surface area contributed by atoms with Crippen molar-refractivity contribution < 1.29 is 47.2 Å². The van der Waals surface area contributed by atoms with Gasteiger partial charge < -0.3 is 25.2 Å². The standard InChI is InChI=1S/C15H27NO10S2/c1-2-5-9(18)6-3-4-7-11(16-26-28(22,23)24)27-15-14(21)13(20)12(19)10(8-17)25-15/h10,12-15,17,19-21H,2-8H2,1H3,(H,22,23,24)/b16-11-/t10-,12+,13+,14+,15+/m0/s1. The van der Waals surface area contributed by atoms with Crippen LogP contribution in [0.5, 0.6) is 0 Å². The Morgan fingerprint density at radius 1 is 1.11 bits per heavy atom. The molecule has 0 radical (unpaired) electrons. The van der Waals surface area contributed by atoms with Crippen molar-refractivity contribution in [3.8, 4) is 0 Å². The van der Waals surface area contributed by atoms with Gasteiger partial charge in [-0.05, 0) is 25.7 Å². The summed E-state index contributed by atoms with van der Waals surface area (Å²) in [5, 5.41) is 42.2. The highest BCUT2D eigenvalue weighted by molar-refractivity contribution is 8.14. The van der Waals surface area contributed by atoms with Gasteiger partial charge in [0.05, 0.1) is 6.61 Å². The van der Waals surface area contributed by atoms with Gasteiger partial charge in [-0.2, -0.15) is 8.42 Å². The van der Waals surface area contributed by atoms with Crippen molar-refractivity contribution in [3.05, 3.63) is 0 Å². The highest BCUT2D eigenvalue weighted by atomic mass is 32.3. The monoisotopic (exact) mass is 445 g/mol. The highest BCUT2D eigenvalue weighted by Crippen LogP contribution is 2.30. The molecule has 1 fully saturated rings. The van der Waals surface area contributed by atoms with E-state index in [1.54, 1.807) is 0 Å². The molecule has 1 saturated heterocycles. The molecule has 13 heteroatoms. The lowest BCUT2D eigenvalue weighted by atomic mass is 10.0. The SMILES string of the molecule is CCCC(=O)CCCC/C(=N/OS(=O)(=O)O)S[C@H]1O[C@@H](CO)[C@@H](O)[C@@H](O)[C@H]1O. The number of carbonyl (C=O) groups is 1. The summed E-state index contributed by atoms with van der Waals surface area (Å²) in [6.45, 7) is 1.28. The van der Waals surface area contributed by atoms with Gasteiger partial charge in [0.2, 0.25) is 0 Å². The Balaban J connectivity index is 2.75. The van der Waals surface area contributed by atoms with E-state index in [4.69, 9.17) is 9.29 Å². The maximum absolute atomic E-state index is 11.5. The molecular weight excluding hydrogens is 418 g/mol. The number of nitrogens with zero attached hydrogens (tertiary/aromatic N) is 1. The van der Waals surface area contributed by atoms with Gasteiger partial charge in [0.25, 0.3) is 0 Å². The lowest BCUT2D eigenvalue weighted by molar-refractivity contribution is -0.205. The molecule has 1 aliphatic heterocycles. The van der Waals surface area contributed by atoms with Gasteiger partial charge in [-0.3, -0.25) is 9.35 Å². The molecule has 1 rings (SSSR count). The van der Waals surface area contributed by atoms with E-state index in [0.717, 1.165) is 18.2 Å². The van der Waals surface area contributed by atoms with Crippen molar-refractivity contribution in [2.75, 3.05) is 6.61 Å². The summed E-state index contributed by atoms with van der Waals surface area (Å²) < 4.78 is 39.5. The molecule has 0 aromatic heterocycles. The molecule has 0 unspecified atom stereocenters. The van der Waals surface area contributed by atoms with E-state index in [-0.39, 0.29) is 17.2 Å². The number of unbranched alkanes of at least 4 members (excludes halogenated alkanes) is 1. The van der Waals surface area contributed by atoms with Crippen LogP contribution in [0.25, 0.3) is 0 Å². The van der Waals surface area contributed by atoms with Crippen LogP contribution in [0.4, 0.5) is 0 Å². The molecule has 1 heterocycles. The normalized spacial score (nSPS) is 28.9. The second-order valence-corrected chi connectivity index (χ2v) is 8.47. The Morgan fingerprint density at radius 3 is 2.32 bits per heavy atom. The molecule has 0 spiro atoms. The summed E-state index contributed by atoms with van der Waals surface area (Å²) in [5.74, 6) is 0.108. The van der Waals surface area contributed by atoms with Gasteiger partial charge in [-0.25, -0.2) is 4.28 Å². The molecule has 0 aliphatic carbocycles. The van der Waals surface area contributed by atoms with E-state index in [2.05, 4.69) is 9.44 Å². The molecule has 5 atom stereocenters. The summed E-state index contributed by atoms with van der Waals surface area (Å²) in [5.41, 5.74) is -1.18. The van der Waals surface area contributed by atoms with Crippen molar-refractivity contribution in [2.45, 2.75) is 75.3 Å². The number of aliphatic hydroxyl groups is 4. The minimum Gasteiger partial charge on any atom is -0.394 e. The average molecular weight is 446 g/mol. The number of thioether (sulfide) groups is 1. The van der Waals surface area contributed by atoms with Gasteiger partial charge in [-0.1, -0.05) is 23.8 Å². The molecule has 0 bridgehead atoms. The Kier molecular flexibility index (Phi) is 10.8. The predicted octanol–water partition coefficient (Wildman–Crippen LogP) is -0.418. The van der Waals surface area contributed by atoms with Crippen LogP contribution >= 0.6 is 11.8 Å². The van der Waals surface area contributed by atoms with Crippen molar-refractivity contribution in [1.29, 1.82) is 0 Å². The van der Waals surface area contributed by atoms with Crippen molar-refractivity contribution in [2.24, 2.45) is 5.16 Å². The van der Waals surface area contributed by atoms with Gasteiger partial charge in [0, 0.05) is 12.8 Å². The molecule has 0 aromatic carbocycles. The first-order chi connectivity index (χ1) is 13.1. The highest BCUT2D eigenvalue weighted by Gasteiger charge is 2.44. The maximum atomic E-state index is 11.5. The van der Waals surface area contributed by atoms with Crippen LogP contribution in [0.15, 0.2) is 5.16 Å². The first-order valence-electron chi connectivity index (χ1n) is 8.80. The topological polar surface area (TPSA) is 183 Å². The van der Waals surface area contributed by atoms with Crippen LogP contribution in [0.3, 0.4) is 0 Å². The Morgan fingerprint density at radius 2 is 1.75 bits per heavy atom. The fourth-order valence-electron chi connectivity index (χ4n) is 2.52. The van der Waals surface area contributed by atoms with Crippen LogP contribution < -0.4 is 0 Å². The zero-order valence-electron chi connectivity index (χ0n) is 15.4. The molecule has 0 amide bonds. The fraction of sp³-hybridized carbons (Fsp3) is 0.867. The molecule has 5 N–H and O–H groups in total. The second kappa shape index (κ2) is 12.0. The summed E-state index contributed by atoms with van der Waals surface area (Å²) in [6.07, 6.45) is -3.13. The van der Waals surface area contributed by atoms with Gasteiger partial charge in [0.1, 0.15) is 40.7 Å². The average Bonchev–Trinajstić information content (AvgIpc) is 2.62. The molecule has 28 heavy (non-hydrogen) atoms. The lowest BCUT2D eigenvalue weighted by Crippen LogP contribution is -2.57. The van der Waals surface area contributed by atoms with Crippen molar-refractivity contribution in [1.82, 2.24) is 0 Å². The second-order valence-electron chi connectivity index (χ2n) is 6.30. The van der Waals surface area contributed by atoms with Crippen LogP contribution in [-0.2, 0) is 24.2 Å². The smallest absolute Gasteiger partial charge is 0.394 e. The third-order valence-corrected chi connectivity index (χ3v) is 5.39. The summed E-state index contributed by atoms with van der Waals surface area (Å²) in [7, 11) is -4.85. The number of aliphatic hydroxyl groups excluding tert-OH is 4. The number of rotatable bonds is 11. The molecular formula is C15H27NO10S2. The van der Waals surface area contributed by atoms with Crippen LogP contribution in [0.2, 0.25) is 0 Å². The Hall–Kier alpha value is -0.800. The predicted molar refractivity (Wildman–Crippen MR) is 99.8 cm³/mol. The number of hydrogen-bond acceptors (Lipinski definition) is 11. The zero-order chi connectivity index (χ0) is 21.3. The third kappa shape index (κ3) is 8.69. The largest absolute Gasteiger partial charge is 0.466 e.